The fraction of sp³-hybridized carbons (Fsp3) is 0. The first-order valence-corrected chi connectivity index (χ1v) is 8.11. The number of carbonyl (C=O) groups is 1. The molecular weight excluding hydrogens is 366 g/mol. The lowest BCUT2D eigenvalue weighted by atomic mass is 10.1. The number of rotatable bonds is 6. The van der Waals surface area contributed by atoms with Gasteiger partial charge >= 0.3 is 5.97 Å². The van der Waals surface area contributed by atoms with E-state index in [1.807, 2.05) is 0 Å². The van der Waals surface area contributed by atoms with Crippen LogP contribution in [-0.2, 0) is 0 Å². The molecule has 2 N–H and O–H groups in total. The van der Waals surface area contributed by atoms with Crippen LogP contribution in [0.25, 0.3) is 16.6 Å². The number of para-hydroxylation sites is 1. The predicted molar refractivity (Wildman–Crippen MR) is 108 cm³/mol. The van der Waals surface area contributed by atoms with Crippen molar-refractivity contribution < 1.29 is 9.90 Å². The average Bonchev–Trinajstić information content (AvgIpc) is 2.65. The number of aromatic nitrogens is 2. The molecule has 134 valence electrons. The van der Waals surface area contributed by atoms with Crippen LogP contribution >= 0.6 is 11.6 Å². The monoisotopic (exact) mass is 379 g/mol. The topological polar surface area (TPSA) is 99.8 Å². The molecule has 8 heteroatoms. The normalized spacial score (nSPS) is 11.2. The molecule has 0 aliphatic heterocycles. The van der Waals surface area contributed by atoms with Gasteiger partial charge in [-0.05, 0) is 43.8 Å². The van der Waals surface area contributed by atoms with E-state index in [0.29, 0.717) is 33.1 Å². The molecule has 27 heavy (non-hydrogen) atoms. The van der Waals surface area contributed by atoms with Crippen LogP contribution < -0.4 is 5.32 Å². The van der Waals surface area contributed by atoms with Crippen LogP contribution in [0.1, 0.15) is 16.2 Å². The number of halogens is 1. The third kappa shape index (κ3) is 3.83. The van der Waals surface area contributed by atoms with Crippen molar-refractivity contribution in [1.82, 2.24) is 9.97 Å². The van der Waals surface area contributed by atoms with Gasteiger partial charge in [0, 0.05) is 10.4 Å². The summed E-state index contributed by atoms with van der Waals surface area (Å²) >= 11 is 6.09. The summed E-state index contributed by atoms with van der Waals surface area (Å²) in [5.41, 5.74) is 1.39. The molecule has 7 nitrogen and oxygen atoms in total. The minimum atomic E-state index is -1.05. The first-order valence-electron chi connectivity index (χ1n) is 7.73. The third-order valence-corrected chi connectivity index (χ3v) is 3.92. The highest BCUT2D eigenvalue weighted by Gasteiger charge is 2.14. The molecular formula is C19H14ClN5O2. The van der Waals surface area contributed by atoms with Crippen molar-refractivity contribution >= 4 is 59.1 Å². The van der Waals surface area contributed by atoms with Crippen molar-refractivity contribution in [3.63, 3.8) is 0 Å². The molecule has 0 saturated carbocycles. The highest BCUT2D eigenvalue weighted by atomic mass is 35.5. The smallest absolute Gasteiger partial charge is 0.337 e. The highest BCUT2D eigenvalue weighted by molar-refractivity contribution is 6.31. The van der Waals surface area contributed by atoms with E-state index in [-0.39, 0.29) is 11.4 Å². The molecule has 0 radical (unpaired) electrons. The second-order valence-electron chi connectivity index (χ2n) is 5.39. The van der Waals surface area contributed by atoms with Crippen LogP contribution in [0.3, 0.4) is 0 Å². The van der Waals surface area contributed by atoms with Gasteiger partial charge in [0.25, 0.3) is 0 Å². The zero-order valence-corrected chi connectivity index (χ0v) is 14.8. The van der Waals surface area contributed by atoms with Crippen molar-refractivity contribution in [2.24, 2.45) is 9.98 Å². The second-order valence-corrected chi connectivity index (χ2v) is 5.82. The molecule has 0 amide bonds. The second kappa shape index (κ2) is 7.76. The molecule has 0 aliphatic rings. The molecule has 0 fully saturated rings. The van der Waals surface area contributed by atoms with E-state index in [2.05, 4.69) is 38.7 Å². The predicted octanol–water partition coefficient (Wildman–Crippen LogP) is 4.42. The zero-order valence-electron chi connectivity index (χ0n) is 14.1. The molecule has 0 saturated heterocycles. The number of nitrogens with zero attached hydrogens (tertiary/aromatic N) is 4. The number of aliphatic imine (C=N–C) groups is 2. The number of carboxylic acids is 1. The lowest BCUT2D eigenvalue weighted by Crippen LogP contribution is -2.05. The van der Waals surface area contributed by atoms with Gasteiger partial charge in [0.15, 0.2) is 5.82 Å². The van der Waals surface area contributed by atoms with E-state index in [1.165, 1.54) is 12.3 Å². The van der Waals surface area contributed by atoms with E-state index in [9.17, 15) is 9.90 Å². The number of benzene rings is 2. The highest BCUT2D eigenvalue weighted by Crippen LogP contribution is 2.29. The van der Waals surface area contributed by atoms with Gasteiger partial charge in [0.2, 0.25) is 0 Å². The maximum Gasteiger partial charge on any atom is 0.337 e. The largest absolute Gasteiger partial charge is 0.478 e. The van der Waals surface area contributed by atoms with Gasteiger partial charge in [-0.15, -0.1) is 0 Å². The zero-order chi connectivity index (χ0) is 19.4. The molecule has 0 atom stereocenters. The number of aromatic carboxylic acids is 1. The molecule has 0 spiro atoms. The Kier molecular flexibility index (Phi) is 5.23. The molecule has 0 unspecified atom stereocenters. The summed E-state index contributed by atoms with van der Waals surface area (Å²) in [5, 5.41) is 13.6. The first-order chi connectivity index (χ1) is 13.0. The Bertz CT molecular complexity index is 1090. The van der Waals surface area contributed by atoms with Gasteiger partial charge < -0.3 is 10.4 Å². The van der Waals surface area contributed by atoms with Crippen LogP contribution in [0.2, 0.25) is 5.02 Å². The van der Waals surface area contributed by atoms with Crippen molar-refractivity contribution in [2.45, 2.75) is 0 Å². The maximum atomic E-state index is 11.5. The minimum absolute atomic E-state index is 0.116. The number of hydrogen-bond acceptors (Lipinski definition) is 6. The molecule has 0 bridgehead atoms. The number of hydrogen-bond donors (Lipinski definition) is 2. The Balaban J connectivity index is 2.22. The lowest BCUT2D eigenvalue weighted by molar-refractivity contribution is 0.0698. The molecule has 3 aromatic rings. The Hall–Kier alpha value is -3.58. The Morgan fingerprint density at radius 1 is 1.19 bits per heavy atom. The first kappa shape index (κ1) is 18.2. The van der Waals surface area contributed by atoms with E-state index < -0.39 is 5.97 Å². The van der Waals surface area contributed by atoms with Gasteiger partial charge in [-0.25, -0.2) is 14.8 Å². The standard InChI is InChI=1S/C19H14ClN5O2/c1-21-10-16(22-2)18-24-15-9-11(20)7-8-12(15)17(25-18)23-14-6-4-3-5-13(14)19(26)27/h3-10H,1-2H2,(H,26,27)(H,23,24,25)/b16-10-. The average molecular weight is 380 g/mol. The van der Waals surface area contributed by atoms with Crippen LogP contribution in [0.4, 0.5) is 11.5 Å². The van der Waals surface area contributed by atoms with E-state index in [1.54, 1.807) is 36.4 Å². The Morgan fingerprint density at radius 3 is 2.67 bits per heavy atom. The van der Waals surface area contributed by atoms with Crippen LogP contribution in [0.15, 0.2) is 58.6 Å². The quantitative estimate of drug-likeness (QED) is 0.617. The SMILES string of the molecule is C=N/C=C(\N=C)c1nc(Nc2ccccc2C(=O)O)c2ccc(Cl)cc2n1. The van der Waals surface area contributed by atoms with Crippen molar-refractivity contribution in [2.75, 3.05) is 5.32 Å². The molecule has 3 rings (SSSR count). The molecule has 2 aromatic carbocycles. The maximum absolute atomic E-state index is 11.5. The van der Waals surface area contributed by atoms with Crippen LogP contribution in [0.5, 0.6) is 0 Å². The van der Waals surface area contributed by atoms with Gasteiger partial charge in [0.1, 0.15) is 11.5 Å². The van der Waals surface area contributed by atoms with Gasteiger partial charge in [-0.2, -0.15) is 0 Å². The molecule has 1 heterocycles. The minimum Gasteiger partial charge on any atom is -0.478 e. The van der Waals surface area contributed by atoms with E-state index >= 15 is 0 Å². The fourth-order valence-electron chi connectivity index (χ4n) is 2.47. The summed E-state index contributed by atoms with van der Waals surface area (Å²) in [4.78, 5) is 27.9. The summed E-state index contributed by atoms with van der Waals surface area (Å²) in [6.45, 7) is 6.89. The Morgan fingerprint density at radius 2 is 1.96 bits per heavy atom. The summed E-state index contributed by atoms with van der Waals surface area (Å²) in [5.74, 6) is -0.398. The van der Waals surface area contributed by atoms with Crippen molar-refractivity contribution in [3.8, 4) is 0 Å². The van der Waals surface area contributed by atoms with E-state index in [4.69, 9.17) is 11.6 Å². The van der Waals surface area contributed by atoms with Gasteiger partial charge in [-0.1, -0.05) is 23.7 Å². The number of nitrogens with one attached hydrogen (secondary N) is 1. The summed E-state index contributed by atoms with van der Waals surface area (Å²) in [6.07, 6.45) is 1.38. The van der Waals surface area contributed by atoms with Crippen molar-refractivity contribution in [1.29, 1.82) is 0 Å². The molecule has 0 aliphatic carbocycles. The summed E-state index contributed by atoms with van der Waals surface area (Å²) in [7, 11) is 0. The van der Waals surface area contributed by atoms with Gasteiger partial charge in [-0.3, -0.25) is 9.98 Å². The molecule has 1 aromatic heterocycles. The number of carboxylic acid groups (broad SMARTS) is 1. The Labute approximate surface area is 159 Å². The third-order valence-electron chi connectivity index (χ3n) is 3.68. The fourth-order valence-corrected chi connectivity index (χ4v) is 2.64. The van der Waals surface area contributed by atoms with Crippen molar-refractivity contribution in [3.05, 3.63) is 65.1 Å². The van der Waals surface area contributed by atoms with Crippen LogP contribution in [0, 0.1) is 0 Å². The van der Waals surface area contributed by atoms with Gasteiger partial charge in [0.05, 0.1) is 23.0 Å². The number of anilines is 2. The summed E-state index contributed by atoms with van der Waals surface area (Å²) < 4.78 is 0. The number of fused-ring (bicyclic) bond motifs is 1. The summed E-state index contributed by atoms with van der Waals surface area (Å²) in [6, 6.07) is 11.7. The van der Waals surface area contributed by atoms with Crippen LogP contribution in [-0.4, -0.2) is 34.5 Å². The van der Waals surface area contributed by atoms with E-state index in [0.717, 1.165) is 0 Å². The lowest BCUT2D eigenvalue weighted by Gasteiger charge is -2.13.